The van der Waals surface area contributed by atoms with Crippen LogP contribution >= 0.6 is 0 Å². The first-order valence-electron chi connectivity index (χ1n) is 13.0. The van der Waals surface area contributed by atoms with Crippen molar-refractivity contribution < 1.29 is 4.42 Å². The lowest BCUT2D eigenvalue weighted by molar-refractivity contribution is 0.652. The lowest BCUT2D eigenvalue weighted by Crippen LogP contribution is -1.95. The fraction of sp³-hybridized carbons (Fsp3) is 0. The molecular weight excluding hydrogens is 480 g/mol. The molecule has 0 saturated carbocycles. The van der Waals surface area contributed by atoms with Crippen molar-refractivity contribution in [2.24, 2.45) is 0 Å². The Bertz CT molecular complexity index is 2390. The highest BCUT2D eigenvalue weighted by molar-refractivity contribution is 6.26. The number of aromatic nitrogens is 4. The molecule has 0 bridgehead atoms. The lowest BCUT2D eigenvalue weighted by Gasteiger charge is -2.10. The molecule has 0 saturated heterocycles. The zero-order chi connectivity index (χ0) is 25.5. The van der Waals surface area contributed by atoms with Crippen LogP contribution in [0.5, 0.6) is 0 Å². The number of hydrogen-bond acceptors (Lipinski definition) is 3. The molecule has 5 aromatic carbocycles. The third-order valence-corrected chi connectivity index (χ3v) is 7.83. The van der Waals surface area contributed by atoms with Crippen molar-refractivity contribution in [3.63, 3.8) is 0 Å². The number of nitrogens with zero attached hydrogens (tertiary/aromatic N) is 4. The van der Waals surface area contributed by atoms with Crippen LogP contribution in [0.2, 0.25) is 0 Å². The standard InChI is InChI=1S/C34H20N4O/c1-2-8-21(9-3-1)38-27-12-6-4-10-23(27)24-16-17-29-31(33(24)38)25-11-5-7-13-28(25)37(29)22-14-15-26-30(20-22)39-34-32(26)35-18-19-36-34/h1-20H. The number of furan rings is 1. The van der Waals surface area contributed by atoms with Gasteiger partial charge in [-0.15, -0.1) is 0 Å². The van der Waals surface area contributed by atoms with Crippen LogP contribution < -0.4 is 0 Å². The zero-order valence-electron chi connectivity index (χ0n) is 20.7. The molecule has 0 aliphatic carbocycles. The van der Waals surface area contributed by atoms with Crippen LogP contribution in [0.1, 0.15) is 0 Å². The zero-order valence-corrected chi connectivity index (χ0v) is 20.7. The van der Waals surface area contributed by atoms with Crippen molar-refractivity contribution in [3.05, 3.63) is 122 Å². The van der Waals surface area contributed by atoms with E-state index in [9.17, 15) is 0 Å². The highest BCUT2D eigenvalue weighted by Crippen LogP contribution is 2.42. The van der Waals surface area contributed by atoms with E-state index in [0.717, 1.165) is 38.9 Å². The van der Waals surface area contributed by atoms with Crippen molar-refractivity contribution in [1.29, 1.82) is 0 Å². The van der Waals surface area contributed by atoms with E-state index in [1.807, 2.05) is 0 Å². The Hall–Kier alpha value is -5.42. The van der Waals surface area contributed by atoms with Gasteiger partial charge >= 0.3 is 0 Å². The number of para-hydroxylation sites is 3. The molecule has 0 aliphatic rings. The van der Waals surface area contributed by atoms with Crippen molar-refractivity contribution in [3.8, 4) is 11.4 Å². The second kappa shape index (κ2) is 7.55. The Morgan fingerprint density at radius 3 is 2.10 bits per heavy atom. The van der Waals surface area contributed by atoms with E-state index >= 15 is 0 Å². The molecule has 4 aromatic heterocycles. The Labute approximate surface area is 222 Å². The van der Waals surface area contributed by atoms with Crippen LogP contribution in [0.3, 0.4) is 0 Å². The summed E-state index contributed by atoms with van der Waals surface area (Å²) in [6.45, 7) is 0. The van der Waals surface area contributed by atoms with Crippen LogP contribution in [0.25, 0.3) is 77.2 Å². The molecule has 0 atom stereocenters. The maximum absolute atomic E-state index is 6.11. The van der Waals surface area contributed by atoms with E-state index in [1.54, 1.807) is 12.4 Å². The molecule has 182 valence electrons. The van der Waals surface area contributed by atoms with Crippen molar-refractivity contribution in [2.45, 2.75) is 0 Å². The molecule has 0 unspecified atom stereocenters. The van der Waals surface area contributed by atoms with Gasteiger partial charge in [-0.25, -0.2) is 9.97 Å². The highest BCUT2D eigenvalue weighted by atomic mass is 16.3. The van der Waals surface area contributed by atoms with E-state index < -0.39 is 0 Å². The molecule has 0 N–H and O–H groups in total. The predicted molar refractivity (Wildman–Crippen MR) is 158 cm³/mol. The summed E-state index contributed by atoms with van der Waals surface area (Å²) in [5.74, 6) is 0. The maximum atomic E-state index is 6.11. The molecule has 0 fully saturated rings. The molecule has 9 rings (SSSR count). The van der Waals surface area contributed by atoms with Gasteiger partial charge in [-0.3, -0.25) is 0 Å². The summed E-state index contributed by atoms with van der Waals surface area (Å²) in [4.78, 5) is 8.85. The van der Waals surface area contributed by atoms with Crippen molar-refractivity contribution in [1.82, 2.24) is 19.1 Å². The van der Waals surface area contributed by atoms with E-state index in [0.29, 0.717) is 5.71 Å². The van der Waals surface area contributed by atoms with Crippen molar-refractivity contribution in [2.75, 3.05) is 0 Å². The van der Waals surface area contributed by atoms with E-state index in [4.69, 9.17) is 4.42 Å². The largest absolute Gasteiger partial charge is 0.436 e. The average molecular weight is 501 g/mol. The van der Waals surface area contributed by atoms with Gasteiger partial charge in [-0.2, -0.15) is 0 Å². The van der Waals surface area contributed by atoms with Crippen LogP contribution in [0.15, 0.2) is 126 Å². The topological polar surface area (TPSA) is 48.8 Å². The van der Waals surface area contributed by atoms with Gasteiger partial charge in [0, 0.05) is 56.8 Å². The SMILES string of the molecule is c1ccc(-n2c3ccccc3c3ccc4c(c5ccccc5n4-c4ccc5c(c4)oc4nccnc45)c32)cc1. The van der Waals surface area contributed by atoms with Gasteiger partial charge in [0.25, 0.3) is 0 Å². The molecular formula is C34H20N4O. The minimum atomic E-state index is 0.556. The third-order valence-electron chi connectivity index (χ3n) is 7.83. The summed E-state index contributed by atoms with van der Waals surface area (Å²) < 4.78 is 10.9. The van der Waals surface area contributed by atoms with Gasteiger partial charge in [0.2, 0.25) is 5.71 Å². The van der Waals surface area contributed by atoms with Gasteiger partial charge in [-0.1, -0.05) is 60.7 Å². The smallest absolute Gasteiger partial charge is 0.246 e. The molecule has 0 aliphatic heterocycles. The van der Waals surface area contributed by atoms with Gasteiger partial charge < -0.3 is 13.6 Å². The van der Waals surface area contributed by atoms with Crippen LogP contribution in [-0.2, 0) is 0 Å². The number of hydrogen-bond donors (Lipinski definition) is 0. The summed E-state index contributed by atoms with van der Waals surface area (Å²) in [5, 5.41) is 5.91. The fourth-order valence-electron chi connectivity index (χ4n) is 6.25. The maximum Gasteiger partial charge on any atom is 0.246 e. The molecule has 5 nitrogen and oxygen atoms in total. The summed E-state index contributed by atoms with van der Waals surface area (Å²) in [5.41, 5.74) is 9.02. The molecule has 0 amide bonds. The summed E-state index contributed by atoms with van der Waals surface area (Å²) in [6.07, 6.45) is 3.37. The molecule has 0 radical (unpaired) electrons. The Morgan fingerprint density at radius 1 is 0.513 bits per heavy atom. The number of benzene rings is 5. The van der Waals surface area contributed by atoms with E-state index in [1.165, 1.54) is 32.6 Å². The van der Waals surface area contributed by atoms with E-state index in [2.05, 4.69) is 128 Å². The molecule has 0 spiro atoms. The second-order valence-electron chi connectivity index (χ2n) is 9.89. The molecule has 39 heavy (non-hydrogen) atoms. The summed E-state index contributed by atoms with van der Waals surface area (Å²) in [7, 11) is 0. The van der Waals surface area contributed by atoms with Crippen molar-refractivity contribution >= 4 is 65.8 Å². The fourth-order valence-corrected chi connectivity index (χ4v) is 6.25. The van der Waals surface area contributed by atoms with E-state index in [-0.39, 0.29) is 0 Å². The van der Waals surface area contributed by atoms with Gasteiger partial charge in [0.05, 0.1) is 22.1 Å². The van der Waals surface area contributed by atoms with Crippen LogP contribution in [0, 0.1) is 0 Å². The minimum Gasteiger partial charge on any atom is -0.436 e. The number of fused-ring (bicyclic) bond motifs is 10. The average Bonchev–Trinajstić information content (AvgIpc) is 3.64. The van der Waals surface area contributed by atoms with Gasteiger partial charge in [-0.05, 0) is 42.5 Å². The Balaban J connectivity index is 1.45. The summed E-state index contributed by atoms with van der Waals surface area (Å²) in [6, 6.07) is 38.8. The third kappa shape index (κ3) is 2.73. The first-order valence-corrected chi connectivity index (χ1v) is 13.0. The first kappa shape index (κ1) is 20.6. The number of rotatable bonds is 2. The molecule has 5 heteroatoms. The highest BCUT2D eigenvalue weighted by Gasteiger charge is 2.21. The first-order chi connectivity index (χ1) is 19.4. The summed E-state index contributed by atoms with van der Waals surface area (Å²) >= 11 is 0. The Kier molecular flexibility index (Phi) is 3.99. The molecule has 9 aromatic rings. The van der Waals surface area contributed by atoms with Crippen LogP contribution in [-0.4, -0.2) is 19.1 Å². The van der Waals surface area contributed by atoms with Crippen LogP contribution in [0.4, 0.5) is 0 Å². The Morgan fingerprint density at radius 2 is 1.23 bits per heavy atom. The van der Waals surface area contributed by atoms with Gasteiger partial charge in [0.1, 0.15) is 11.1 Å². The van der Waals surface area contributed by atoms with Gasteiger partial charge in [0.15, 0.2) is 0 Å². The minimum absolute atomic E-state index is 0.556. The monoisotopic (exact) mass is 500 g/mol. The second-order valence-corrected chi connectivity index (χ2v) is 9.89. The molecule has 4 heterocycles. The quantitative estimate of drug-likeness (QED) is 0.239. The lowest BCUT2D eigenvalue weighted by atomic mass is 10.1. The predicted octanol–water partition coefficient (Wildman–Crippen LogP) is 8.57. The normalized spacial score (nSPS) is 12.1.